The van der Waals surface area contributed by atoms with E-state index in [0.717, 1.165) is 28.2 Å². The van der Waals surface area contributed by atoms with E-state index in [-0.39, 0.29) is 24.0 Å². The second kappa shape index (κ2) is 8.58. The molecule has 3 N–H and O–H groups in total. The Morgan fingerprint density at radius 3 is 2.62 bits per heavy atom. The summed E-state index contributed by atoms with van der Waals surface area (Å²) in [5, 5.41) is 4.15. The molecule has 0 aliphatic carbocycles. The van der Waals surface area contributed by atoms with Crippen molar-refractivity contribution >= 4 is 46.6 Å². The van der Waals surface area contributed by atoms with Crippen LogP contribution in [0.15, 0.2) is 64.0 Å². The molecule has 1 heterocycles. The molecule has 0 aliphatic rings. The number of para-hydroxylation sites is 1. The van der Waals surface area contributed by atoms with Gasteiger partial charge < -0.3 is 20.2 Å². The van der Waals surface area contributed by atoms with Crippen molar-refractivity contribution in [2.75, 3.05) is 19.0 Å². The summed E-state index contributed by atoms with van der Waals surface area (Å²) in [5.41, 5.74) is 7.66. The van der Waals surface area contributed by atoms with Crippen LogP contribution < -0.4 is 15.8 Å². The first kappa shape index (κ1) is 18.1. The van der Waals surface area contributed by atoms with Crippen LogP contribution in [0.5, 0.6) is 5.75 Å². The lowest BCUT2D eigenvalue weighted by molar-refractivity contribution is 0.415. The number of fused-ring (bicyclic) bond motifs is 1. The summed E-state index contributed by atoms with van der Waals surface area (Å²) in [6, 6.07) is 17.5. The van der Waals surface area contributed by atoms with E-state index >= 15 is 0 Å². The minimum atomic E-state index is 0. The summed E-state index contributed by atoms with van der Waals surface area (Å²) < 4.78 is 10.9. The van der Waals surface area contributed by atoms with Gasteiger partial charge in [-0.2, -0.15) is 0 Å². The van der Waals surface area contributed by atoms with Crippen molar-refractivity contribution in [2.24, 2.45) is 10.7 Å². The van der Waals surface area contributed by atoms with Crippen LogP contribution >= 0.6 is 24.0 Å². The Hall–Kier alpha value is -2.22. The minimum Gasteiger partial charge on any atom is -0.497 e. The van der Waals surface area contributed by atoms with Gasteiger partial charge >= 0.3 is 0 Å². The number of nitrogens with two attached hydrogens (primary N) is 1. The molecule has 5 nitrogen and oxygen atoms in total. The van der Waals surface area contributed by atoms with Gasteiger partial charge in [0, 0.05) is 24.0 Å². The van der Waals surface area contributed by atoms with Crippen molar-refractivity contribution in [2.45, 2.75) is 6.42 Å². The molecule has 0 bridgehead atoms. The quantitative estimate of drug-likeness (QED) is 0.359. The average Bonchev–Trinajstić information content (AvgIpc) is 2.98. The normalized spacial score (nSPS) is 11.1. The SMILES string of the molecule is COc1ccc(NC(N)=NCCc2cc3ccccc3o2)cc1.I. The molecule has 2 aromatic carbocycles. The number of halogens is 1. The highest BCUT2D eigenvalue weighted by atomic mass is 127. The van der Waals surface area contributed by atoms with Gasteiger partial charge in [-0.25, -0.2) is 0 Å². The number of anilines is 1. The number of rotatable bonds is 5. The maximum atomic E-state index is 5.89. The standard InChI is InChI=1S/C18H19N3O2.HI/c1-22-15-8-6-14(7-9-15)21-18(19)20-11-10-16-12-13-4-2-3-5-17(13)23-16;/h2-9,12H,10-11H2,1H3,(H3,19,20,21);1H. The van der Waals surface area contributed by atoms with Gasteiger partial charge in [0.25, 0.3) is 0 Å². The van der Waals surface area contributed by atoms with E-state index in [0.29, 0.717) is 18.9 Å². The Morgan fingerprint density at radius 1 is 1.17 bits per heavy atom. The third kappa shape index (κ3) is 4.64. The molecule has 0 spiro atoms. The number of benzene rings is 2. The minimum absolute atomic E-state index is 0. The van der Waals surface area contributed by atoms with Crippen LogP contribution in [-0.4, -0.2) is 19.6 Å². The van der Waals surface area contributed by atoms with Gasteiger partial charge in [-0.1, -0.05) is 18.2 Å². The van der Waals surface area contributed by atoms with Crippen LogP contribution in [-0.2, 0) is 6.42 Å². The lowest BCUT2D eigenvalue weighted by atomic mass is 10.2. The second-order valence-electron chi connectivity index (χ2n) is 5.12. The molecule has 0 unspecified atom stereocenters. The molecular formula is C18H20IN3O2. The third-order valence-electron chi connectivity index (χ3n) is 3.48. The van der Waals surface area contributed by atoms with Crippen LogP contribution in [0, 0.1) is 0 Å². The molecule has 24 heavy (non-hydrogen) atoms. The fourth-order valence-electron chi connectivity index (χ4n) is 2.31. The molecule has 1 aromatic heterocycles. The maximum absolute atomic E-state index is 5.89. The first-order valence-electron chi connectivity index (χ1n) is 7.43. The molecule has 0 radical (unpaired) electrons. The molecule has 126 valence electrons. The topological polar surface area (TPSA) is 72.8 Å². The molecule has 0 atom stereocenters. The number of methoxy groups -OCH3 is 1. The number of furan rings is 1. The van der Waals surface area contributed by atoms with Crippen LogP contribution in [0.1, 0.15) is 5.76 Å². The first-order chi connectivity index (χ1) is 11.2. The molecule has 0 aliphatic heterocycles. The molecule has 0 fully saturated rings. The van der Waals surface area contributed by atoms with Gasteiger partial charge in [-0.3, -0.25) is 4.99 Å². The highest BCUT2D eigenvalue weighted by molar-refractivity contribution is 14.0. The summed E-state index contributed by atoms with van der Waals surface area (Å²) >= 11 is 0. The number of nitrogens with zero attached hydrogens (tertiary/aromatic N) is 1. The largest absolute Gasteiger partial charge is 0.497 e. The van der Waals surface area contributed by atoms with E-state index in [2.05, 4.69) is 10.3 Å². The number of hydrogen-bond donors (Lipinski definition) is 2. The lowest BCUT2D eigenvalue weighted by Gasteiger charge is -2.06. The van der Waals surface area contributed by atoms with Crippen molar-refractivity contribution in [3.05, 3.63) is 60.4 Å². The van der Waals surface area contributed by atoms with Crippen molar-refractivity contribution in [1.29, 1.82) is 0 Å². The monoisotopic (exact) mass is 437 g/mol. The molecule has 0 amide bonds. The Labute approximate surface area is 157 Å². The van der Waals surface area contributed by atoms with Gasteiger partial charge in [0.2, 0.25) is 0 Å². The lowest BCUT2D eigenvalue weighted by Crippen LogP contribution is -2.23. The van der Waals surface area contributed by atoms with Crippen molar-refractivity contribution in [1.82, 2.24) is 0 Å². The molecule has 6 heteroatoms. The highest BCUT2D eigenvalue weighted by Crippen LogP contribution is 2.19. The first-order valence-corrected chi connectivity index (χ1v) is 7.43. The van der Waals surface area contributed by atoms with Gasteiger partial charge in [0.05, 0.1) is 7.11 Å². The molecule has 0 saturated carbocycles. The average molecular weight is 437 g/mol. The maximum Gasteiger partial charge on any atom is 0.193 e. The van der Waals surface area contributed by atoms with E-state index in [1.807, 2.05) is 54.6 Å². The molecule has 3 rings (SSSR count). The van der Waals surface area contributed by atoms with E-state index in [1.54, 1.807) is 7.11 Å². The van der Waals surface area contributed by atoms with Gasteiger partial charge in [0.1, 0.15) is 17.1 Å². The van der Waals surface area contributed by atoms with Gasteiger partial charge in [-0.05, 0) is 36.4 Å². The fourth-order valence-corrected chi connectivity index (χ4v) is 2.31. The predicted molar refractivity (Wildman–Crippen MR) is 108 cm³/mol. The van der Waals surface area contributed by atoms with Gasteiger partial charge in [-0.15, -0.1) is 24.0 Å². The predicted octanol–water partition coefficient (Wildman–Crippen LogP) is 4.03. The smallest absolute Gasteiger partial charge is 0.193 e. The summed E-state index contributed by atoms with van der Waals surface area (Å²) in [6.07, 6.45) is 0.708. The Bertz CT molecular complexity index is 780. The highest BCUT2D eigenvalue weighted by Gasteiger charge is 2.02. The summed E-state index contributed by atoms with van der Waals surface area (Å²) in [5.74, 6) is 2.09. The Balaban J connectivity index is 0.00000208. The van der Waals surface area contributed by atoms with Crippen LogP contribution in [0.2, 0.25) is 0 Å². The number of ether oxygens (including phenoxy) is 1. The third-order valence-corrected chi connectivity index (χ3v) is 3.48. The van der Waals surface area contributed by atoms with E-state index in [4.69, 9.17) is 14.9 Å². The zero-order valence-corrected chi connectivity index (χ0v) is 15.7. The Kier molecular flexibility index (Phi) is 6.48. The summed E-state index contributed by atoms with van der Waals surface area (Å²) in [4.78, 5) is 4.32. The van der Waals surface area contributed by atoms with E-state index in [9.17, 15) is 0 Å². The summed E-state index contributed by atoms with van der Waals surface area (Å²) in [6.45, 7) is 0.564. The van der Waals surface area contributed by atoms with E-state index in [1.165, 1.54) is 0 Å². The van der Waals surface area contributed by atoms with Crippen LogP contribution in [0.3, 0.4) is 0 Å². The number of hydrogen-bond acceptors (Lipinski definition) is 3. The number of guanidine groups is 1. The molecule has 0 saturated heterocycles. The fraction of sp³-hybridized carbons (Fsp3) is 0.167. The van der Waals surface area contributed by atoms with Crippen LogP contribution in [0.4, 0.5) is 5.69 Å². The number of aliphatic imine (C=N–C) groups is 1. The second-order valence-corrected chi connectivity index (χ2v) is 5.12. The van der Waals surface area contributed by atoms with Gasteiger partial charge in [0.15, 0.2) is 5.96 Å². The zero-order chi connectivity index (χ0) is 16.1. The Morgan fingerprint density at radius 2 is 1.92 bits per heavy atom. The van der Waals surface area contributed by atoms with Crippen molar-refractivity contribution in [3.8, 4) is 5.75 Å². The van der Waals surface area contributed by atoms with E-state index < -0.39 is 0 Å². The summed E-state index contributed by atoms with van der Waals surface area (Å²) in [7, 11) is 1.64. The molecule has 3 aromatic rings. The van der Waals surface area contributed by atoms with Crippen molar-refractivity contribution < 1.29 is 9.15 Å². The number of nitrogens with one attached hydrogen (secondary N) is 1. The zero-order valence-electron chi connectivity index (χ0n) is 13.4. The van der Waals surface area contributed by atoms with Crippen molar-refractivity contribution in [3.63, 3.8) is 0 Å². The molecular weight excluding hydrogens is 417 g/mol. The van der Waals surface area contributed by atoms with Crippen LogP contribution in [0.25, 0.3) is 11.0 Å².